The molecule has 104 valence electrons. The number of amides is 1. The Hall–Kier alpha value is -1.39. The minimum atomic E-state index is -0.292. The van der Waals surface area contributed by atoms with Crippen molar-refractivity contribution in [2.24, 2.45) is 0 Å². The molecule has 2 unspecified atom stereocenters. The lowest BCUT2D eigenvalue weighted by atomic mass is 10.1. The second-order valence-corrected chi connectivity index (χ2v) is 5.16. The van der Waals surface area contributed by atoms with Crippen LogP contribution in [0, 0.1) is 0 Å². The van der Waals surface area contributed by atoms with Crippen molar-refractivity contribution >= 4 is 5.91 Å². The zero-order valence-electron chi connectivity index (χ0n) is 11.1. The molecule has 0 bridgehead atoms. The molecular formula is C15H22N2O2. The largest absolute Gasteiger partial charge is 0.313 e. The third-order valence-electron chi connectivity index (χ3n) is 3.63. The molecule has 0 radical (unpaired) electrons. The standard InChI is InChI=1S/C15H22N2O2/c18-15(17-19)9-5-2-6-10-16-14-11-13(14)12-7-3-1-4-8-12/h1,3-4,7-8,13-14,16,19H,2,5-6,9-11H2,(H,17,18). The molecule has 0 saturated heterocycles. The summed E-state index contributed by atoms with van der Waals surface area (Å²) in [6, 6.07) is 11.3. The van der Waals surface area contributed by atoms with E-state index >= 15 is 0 Å². The Bertz CT molecular complexity index is 394. The highest BCUT2D eigenvalue weighted by Gasteiger charge is 2.37. The zero-order chi connectivity index (χ0) is 13.5. The van der Waals surface area contributed by atoms with Crippen LogP contribution in [0.1, 0.15) is 43.6 Å². The summed E-state index contributed by atoms with van der Waals surface area (Å²) >= 11 is 0. The van der Waals surface area contributed by atoms with Crippen LogP contribution >= 0.6 is 0 Å². The molecule has 3 N–H and O–H groups in total. The van der Waals surface area contributed by atoms with Gasteiger partial charge in [0.15, 0.2) is 0 Å². The average Bonchev–Trinajstić information content (AvgIpc) is 3.23. The minimum Gasteiger partial charge on any atom is -0.313 e. The Kier molecular flexibility index (Phi) is 5.36. The number of hydrogen-bond donors (Lipinski definition) is 3. The van der Waals surface area contributed by atoms with Gasteiger partial charge in [-0.3, -0.25) is 10.0 Å². The average molecular weight is 262 g/mol. The van der Waals surface area contributed by atoms with Crippen molar-refractivity contribution in [3.8, 4) is 0 Å². The van der Waals surface area contributed by atoms with Gasteiger partial charge < -0.3 is 5.32 Å². The quantitative estimate of drug-likeness (QED) is 0.382. The summed E-state index contributed by atoms with van der Waals surface area (Å²) in [6.07, 6.45) is 4.57. The Morgan fingerprint density at radius 1 is 1.21 bits per heavy atom. The molecule has 1 aromatic carbocycles. The van der Waals surface area contributed by atoms with E-state index in [9.17, 15) is 4.79 Å². The predicted molar refractivity (Wildman–Crippen MR) is 74.0 cm³/mol. The summed E-state index contributed by atoms with van der Waals surface area (Å²) in [6.45, 7) is 1.01. The van der Waals surface area contributed by atoms with Gasteiger partial charge in [-0.05, 0) is 31.4 Å². The fourth-order valence-corrected chi connectivity index (χ4v) is 2.42. The lowest BCUT2D eigenvalue weighted by Gasteiger charge is -2.04. The Balaban J connectivity index is 1.51. The van der Waals surface area contributed by atoms with Crippen molar-refractivity contribution in [2.75, 3.05) is 6.54 Å². The molecule has 4 heteroatoms. The number of hydroxylamine groups is 1. The third-order valence-corrected chi connectivity index (χ3v) is 3.63. The van der Waals surface area contributed by atoms with Gasteiger partial charge in [0.2, 0.25) is 5.91 Å². The Morgan fingerprint density at radius 3 is 2.74 bits per heavy atom. The molecule has 1 fully saturated rings. The first-order chi connectivity index (χ1) is 9.31. The van der Waals surface area contributed by atoms with Crippen LogP contribution in [0.25, 0.3) is 0 Å². The summed E-state index contributed by atoms with van der Waals surface area (Å²) < 4.78 is 0. The van der Waals surface area contributed by atoms with E-state index in [1.165, 1.54) is 12.0 Å². The molecule has 0 aliphatic heterocycles. The number of carbonyl (C=O) groups is 1. The highest BCUT2D eigenvalue weighted by atomic mass is 16.5. The van der Waals surface area contributed by atoms with E-state index in [1.807, 2.05) is 0 Å². The third kappa shape index (κ3) is 4.65. The van der Waals surface area contributed by atoms with Crippen LogP contribution in [-0.4, -0.2) is 23.7 Å². The van der Waals surface area contributed by atoms with Gasteiger partial charge in [-0.2, -0.15) is 0 Å². The van der Waals surface area contributed by atoms with Crippen LogP contribution in [0.15, 0.2) is 30.3 Å². The SMILES string of the molecule is O=C(CCCCCNC1CC1c1ccccc1)NO. The number of hydrogen-bond acceptors (Lipinski definition) is 3. The molecule has 4 nitrogen and oxygen atoms in total. The molecular weight excluding hydrogens is 240 g/mol. The monoisotopic (exact) mass is 262 g/mol. The van der Waals surface area contributed by atoms with Crippen LogP contribution in [0.3, 0.4) is 0 Å². The number of benzene rings is 1. The molecule has 2 rings (SSSR count). The van der Waals surface area contributed by atoms with Gasteiger partial charge >= 0.3 is 0 Å². The first-order valence-electron chi connectivity index (χ1n) is 7.02. The maximum absolute atomic E-state index is 10.8. The fraction of sp³-hybridized carbons (Fsp3) is 0.533. The smallest absolute Gasteiger partial charge is 0.243 e. The van der Waals surface area contributed by atoms with Crippen LogP contribution in [0.5, 0.6) is 0 Å². The van der Waals surface area contributed by atoms with Gasteiger partial charge in [-0.1, -0.05) is 36.8 Å². The second kappa shape index (κ2) is 7.26. The van der Waals surface area contributed by atoms with Gasteiger partial charge in [-0.25, -0.2) is 5.48 Å². The van der Waals surface area contributed by atoms with E-state index in [1.54, 1.807) is 5.48 Å². The highest BCUT2D eigenvalue weighted by molar-refractivity contribution is 5.74. The van der Waals surface area contributed by atoms with Crippen molar-refractivity contribution < 1.29 is 10.0 Å². The van der Waals surface area contributed by atoms with E-state index in [0.717, 1.165) is 25.8 Å². The number of unbranched alkanes of at least 4 members (excludes halogenated alkanes) is 2. The van der Waals surface area contributed by atoms with Crippen LogP contribution in [0.2, 0.25) is 0 Å². The molecule has 19 heavy (non-hydrogen) atoms. The Labute approximate surface area is 114 Å². The molecule has 1 saturated carbocycles. The van der Waals surface area contributed by atoms with E-state index in [0.29, 0.717) is 18.4 Å². The number of carbonyl (C=O) groups excluding carboxylic acids is 1. The molecule has 0 aromatic heterocycles. The van der Waals surface area contributed by atoms with Gasteiger partial charge in [0, 0.05) is 18.4 Å². The second-order valence-electron chi connectivity index (χ2n) is 5.16. The van der Waals surface area contributed by atoms with Gasteiger partial charge in [0.05, 0.1) is 0 Å². The summed E-state index contributed by atoms with van der Waals surface area (Å²) in [4.78, 5) is 10.8. The molecule has 1 aromatic rings. The van der Waals surface area contributed by atoms with E-state index in [2.05, 4.69) is 35.6 Å². The minimum absolute atomic E-state index is 0.292. The Morgan fingerprint density at radius 2 is 2.00 bits per heavy atom. The first kappa shape index (κ1) is 14.0. The van der Waals surface area contributed by atoms with E-state index in [-0.39, 0.29) is 5.91 Å². The number of nitrogens with one attached hydrogen (secondary N) is 2. The molecule has 1 aliphatic rings. The van der Waals surface area contributed by atoms with Crippen LogP contribution in [-0.2, 0) is 4.79 Å². The van der Waals surface area contributed by atoms with Crippen molar-refractivity contribution in [2.45, 2.75) is 44.1 Å². The van der Waals surface area contributed by atoms with Crippen molar-refractivity contribution in [1.29, 1.82) is 0 Å². The zero-order valence-corrected chi connectivity index (χ0v) is 11.1. The van der Waals surface area contributed by atoms with Gasteiger partial charge in [-0.15, -0.1) is 0 Å². The normalized spacial score (nSPS) is 21.1. The highest BCUT2D eigenvalue weighted by Crippen LogP contribution is 2.40. The summed E-state index contributed by atoms with van der Waals surface area (Å²) in [5, 5.41) is 11.9. The lowest BCUT2D eigenvalue weighted by Crippen LogP contribution is -2.20. The number of rotatable bonds is 8. The summed E-state index contributed by atoms with van der Waals surface area (Å²) in [5.41, 5.74) is 3.08. The van der Waals surface area contributed by atoms with Crippen LogP contribution in [0.4, 0.5) is 0 Å². The van der Waals surface area contributed by atoms with Crippen molar-refractivity contribution in [3.05, 3.63) is 35.9 Å². The molecule has 1 aliphatic carbocycles. The first-order valence-corrected chi connectivity index (χ1v) is 7.02. The van der Waals surface area contributed by atoms with Gasteiger partial charge in [0.25, 0.3) is 0 Å². The molecule has 0 heterocycles. The van der Waals surface area contributed by atoms with Crippen molar-refractivity contribution in [1.82, 2.24) is 10.8 Å². The van der Waals surface area contributed by atoms with Gasteiger partial charge in [0.1, 0.15) is 0 Å². The van der Waals surface area contributed by atoms with E-state index in [4.69, 9.17) is 5.21 Å². The maximum Gasteiger partial charge on any atom is 0.243 e. The van der Waals surface area contributed by atoms with Crippen molar-refractivity contribution in [3.63, 3.8) is 0 Å². The lowest BCUT2D eigenvalue weighted by molar-refractivity contribution is -0.129. The fourth-order valence-electron chi connectivity index (χ4n) is 2.42. The molecule has 2 atom stereocenters. The molecule has 1 amide bonds. The van der Waals surface area contributed by atoms with E-state index < -0.39 is 0 Å². The summed E-state index contributed by atoms with van der Waals surface area (Å²) in [5.74, 6) is 0.390. The molecule has 0 spiro atoms. The summed E-state index contributed by atoms with van der Waals surface area (Å²) in [7, 11) is 0. The maximum atomic E-state index is 10.8. The predicted octanol–water partition coefficient (Wildman–Crippen LogP) is 2.20. The van der Waals surface area contributed by atoms with Crippen LogP contribution < -0.4 is 10.8 Å². The topological polar surface area (TPSA) is 61.4 Å².